The number of hydrogen-bond acceptors (Lipinski definition) is 7. The van der Waals surface area contributed by atoms with Gasteiger partial charge in [-0.1, -0.05) is 11.6 Å². The highest BCUT2D eigenvalue weighted by molar-refractivity contribution is 6.30. The molecule has 2 aromatic rings. The van der Waals surface area contributed by atoms with E-state index in [-0.39, 0.29) is 24.1 Å². The Morgan fingerprint density at radius 3 is 2.75 bits per heavy atom. The molecular weight excluding hydrogens is 346 g/mol. The lowest BCUT2D eigenvalue weighted by Crippen LogP contribution is -2.25. The van der Waals surface area contributed by atoms with E-state index in [1.165, 1.54) is 36.8 Å². The van der Waals surface area contributed by atoms with Crippen molar-refractivity contribution in [2.24, 2.45) is 5.73 Å². The molecule has 0 atom stereocenters. The van der Waals surface area contributed by atoms with Gasteiger partial charge in [-0.2, -0.15) is 0 Å². The van der Waals surface area contributed by atoms with Crippen LogP contribution in [0.5, 0.6) is 17.5 Å². The number of nitrogens with two attached hydrogens (primary N) is 1. The molecule has 3 rings (SSSR count). The van der Waals surface area contributed by atoms with Gasteiger partial charge in [0.25, 0.3) is 0 Å². The predicted octanol–water partition coefficient (Wildman–Crippen LogP) is 2.74. The van der Waals surface area contributed by atoms with E-state index in [9.17, 15) is 8.78 Å². The van der Waals surface area contributed by atoms with Crippen LogP contribution in [-0.2, 0) is 0 Å². The average molecular weight is 357 g/mol. The van der Waals surface area contributed by atoms with Crippen molar-refractivity contribution in [3.05, 3.63) is 47.5 Å². The fourth-order valence-corrected chi connectivity index (χ4v) is 1.88. The third-order valence-electron chi connectivity index (χ3n) is 2.79. The van der Waals surface area contributed by atoms with Crippen LogP contribution in [0, 0.1) is 0 Å². The van der Waals surface area contributed by atoms with E-state index >= 15 is 0 Å². The van der Waals surface area contributed by atoms with Crippen molar-refractivity contribution in [1.82, 2.24) is 9.97 Å². The zero-order valence-electron chi connectivity index (χ0n) is 12.0. The van der Waals surface area contributed by atoms with Crippen LogP contribution in [0.4, 0.5) is 14.5 Å². The van der Waals surface area contributed by atoms with Gasteiger partial charge in [0.15, 0.2) is 11.5 Å². The summed E-state index contributed by atoms with van der Waals surface area (Å²) in [5, 5.41) is 3.23. The summed E-state index contributed by atoms with van der Waals surface area (Å²) >= 11 is 5.66. The normalized spacial score (nSPS) is 15.2. The minimum absolute atomic E-state index is 0.0251. The molecule has 0 spiro atoms. The number of halogens is 3. The van der Waals surface area contributed by atoms with Crippen molar-refractivity contribution >= 4 is 17.3 Å². The number of nitrogens with one attached hydrogen (secondary N) is 1. The van der Waals surface area contributed by atoms with Crippen LogP contribution in [0.2, 0.25) is 5.02 Å². The monoisotopic (exact) mass is 356 g/mol. The molecular formula is C14H11ClF2N4O3. The summed E-state index contributed by atoms with van der Waals surface area (Å²) in [4.78, 5) is 7.70. The Kier molecular flexibility index (Phi) is 4.26. The van der Waals surface area contributed by atoms with Crippen LogP contribution in [0.15, 0.2) is 42.5 Å². The SMILES string of the molecule is N/C(=C\Nc1ccc2c(c1)OC(F)(F)O2)COc1ncc(Cl)cn1. The summed E-state index contributed by atoms with van der Waals surface area (Å²) in [6.45, 7) is 0.0251. The Bertz CT molecular complexity index is 771. The summed E-state index contributed by atoms with van der Waals surface area (Å²) in [7, 11) is 0. The highest BCUT2D eigenvalue weighted by atomic mass is 35.5. The van der Waals surface area contributed by atoms with E-state index in [4.69, 9.17) is 22.1 Å². The molecule has 126 valence electrons. The molecule has 3 N–H and O–H groups in total. The van der Waals surface area contributed by atoms with Crippen molar-refractivity contribution < 1.29 is 23.0 Å². The van der Waals surface area contributed by atoms with Gasteiger partial charge in [0, 0.05) is 18.0 Å². The van der Waals surface area contributed by atoms with Gasteiger partial charge < -0.3 is 25.3 Å². The number of ether oxygens (including phenoxy) is 3. The van der Waals surface area contributed by atoms with E-state index in [1.807, 2.05) is 0 Å². The Balaban J connectivity index is 1.56. The summed E-state index contributed by atoms with van der Waals surface area (Å²) < 4.78 is 39.8. The molecule has 1 aliphatic heterocycles. The first-order valence-corrected chi connectivity index (χ1v) is 7.00. The maximum Gasteiger partial charge on any atom is 0.586 e. The highest BCUT2D eigenvalue weighted by Crippen LogP contribution is 2.42. The standard InChI is InChI=1S/C14H11ClF2N4O3/c15-8-4-20-13(21-5-8)22-7-9(18)6-19-10-1-2-11-12(3-10)24-14(16,17)23-11/h1-6,19H,7,18H2/b9-6-. The summed E-state index contributed by atoms with van der Waals surface area (Å²) in [5.41, 5.74) is 6.59. The van der Waals surface area contributed by atoms with Crippen molar-refractivity contribution in [1.29, 1.82) is 0 Å². The van der Waals surface area contributed by atoms with Crippen LogP contribution in [0.25, 0.3) is 0 Å². The second-order valence-electron chi connectivity index (χ2n) is 4.67. The fraction of sp³-hybridized carbons (Fsp3) is 0.143. The number of alkyl halides is 2. The Morgan fingerprint density at radius 1 is 1.29 bits per heavy atom. The predicted molar refractivity (Wildman–Crippen MR) is 81.1 cm³/mol. The van der Waals surface area contributed by atoms with Gasteiger partial charge in [-0.05, 0) is 12.1 Å². The summed E-state index contributed by atoms with van der Waals surface area (Å²) in [6, 6.07) is 4.39. The van der Waals surface area contributed by atoms with Gasteiger partial charge in [0.1, 0.15) is 6.61 Å². The molecule has 0 bridgehead atoms. The molecule has 0 amide bonds. The van der Waals surface area contributed by atoms with E-state index in [2.05, 4.69) is 24.8 Å². The van der Waals surface area contributed by atoms with E-state index in [0.717, 1.165) is 0 Å². The Morgan fingerprint density at radius 2 is 2.00 bits per heavy atom. The number of rotatable bonds is 5. The van der Waals surface area contributed by atoms with E-state index in [1.54, 1.807) is 0 Å². The smallest absolute Gasteiger partial charge is 0.457 e. The lowest BCUT2D eigenvalue weighted by molar-refractivity contribution is -0.286. The van der Waals surface area contributed by atoms with Gasteiger partial charge in [-0.15, -0.1) is 8.78 Å². The topological polar surface area (TPSA) is 91.5 Å². The minimum atomic E-state index is -3.65. The molecule has 0 saturated heterocycles. The molecule has 1 aliphatic rings. The first-order valence-electron chi connectivity index (χ1n) is 6.62. The zero-order chi connectivity index (χ0) is 17.2. The second kappa shape index (κ2) is 6.36. The van der Waals surface area contributed by atoms with Crippen LogP contribution in [-0.4, -0.2) is 22.9 Å². The first kappa shape index (κ1) is 16.1. The number of nitrogens with zero attached hydrogens (tertiary/aromatic N) is 2. The fourth-order valence-electron chi connectivity index (χ4n) is 1.78. The van der Waals surface area contributed by atoms with Crippen molar-refractivity contribution in [2.75, 3.05) is 11.9 Å². The average Bonchev–Trinajstić information content (AvgIpc) is 2.85. The molecule has 0 radical (unpaired) electrons. The molecule has 0 saturated carbocycles. The van der Waals surface area contributed by atoms with Crippen LogP contribution in [0.1, 0.15) is 0 Å². The third kappa shape index (κ3) is 3.93. The van der Waals surface area contributed by atoms with Gasteiger partial charge >= 0.3 is 12.3 Å². The van der Waals surface area contributed by atoms with Crippen LogP contribution < -0.4 is 25.3 Å². The van der Waals surface area contributed by atoms with Crippen LogP contribution in [0.3, 0.4) is 0 Å². The quantitative estimate of drug-likeness (QED) is 0.851. The lowest BCUT2D eigenvalue weighted by Gasteiger charge is -2.06. The van der Waals surface area contributed by atoms with Crippen molar-refractivity contribution in [3.8, 4) is 17.5 Å². The molecule has 1 aromatic carbocycles. The maximum atomic E-state index is 12.9. The van der Waals surface area contributed by atoms with E-state index < -0.39 is 6.29 Å². The van der Waals surface area contributed by atoms with Crippen molar-refractivity contribution in [2.45, 2.75) is 6.29 Å². The minimum Gasteiger partial charge on any atom is -0.457 e. The first-order chi connectivity index (χ1) is 11.4. The molecule has 0 aliphatic carbocycles. The highest BCUT2D eigenvalue weighted by Gasteiger charge is 2.43. The largest absolute Gasteiger partial charge is 0.586 e. The number of fused-ring (bicyclic) bond motifs is 1. The number of aromatic nitrogens is 2. The molecule has 0 fully saturated rings. The van der Waals surface area contributed by atoms with Crippen LogP contribution >= 0.6 is 11.6 Å². The molecule has 1 aromatic heterocycles. The number of benzene rings is 1. The van der Waals surface area contributed by atoms with Gasteiger partial charge in [-0.25, -0.2) is 9.97 Å². The van der Waals surface area contributed by atoms with Gasteiger partial charge in [-0.3, -0.25) is 0 Å². The number of anilines is 1. The van der Waals surface area contributed by atoms with Gasteiger partial charge in [0.05, 0.1) is 23.1 Å². The molecule has 0 unspecified atom stereocenters. The molecule has 7 nitrogen and oxygen atoms in total. The second-order valence-corrected chi connectivity index (χ2v) is 5.10. The summed E-state index contributed by atoms with van der Waals surface area (Å²) in [6.07, 6.45) is 0.586. The third-order valence-corrected chi connectivity index (χ3v) is 2.99. The Labute approximate surface area is 140 Å². The number of hydrogen-bond donors (Lipinski definition) is 2. The van der Waals surface area contributed by atoms with Gasteiger partial charge in [0.2, 0.25) is 0 Å². The molecule has 10 heteroatoms. The van der Waals surface area contributed by atoms with E-state index in [0.29, 0.717) is 16.4 Å². The maximum absolute atomic E-state index is 12.9. The van der Waals surface area contributed by atoms with Crippen molar-refractivity contribution in [3.63, 3.8) is 0 Å². The lowest BCUT2D eigenvalue weighted by atomic mass is 10.3. The molecule has 24 heavy (non-hydrogen) atoms. The summed E-state index contributed by atoms with van der Waals surface area (Å²) in [5.74, 6) is -0.103. The Hall–Kier alpha value is -2.81. The zero-order valence-corrected chi connectivity index (χ0v) is 12.8. The molecule has 2 heterocycles.